The molecule has 0 amide bonds. The molecule has 0 saturated carbocycles. The van der Waals surface area contributed by atoms with Crippen molar-refractivity contribution in [1.29, 1.82) is 0 Å². The van der Waals surface area contributed by atoms with E-state index in [1.807, 2.05) is 18.2 Å². The summed E-state index contributed by atoms with van der Waals surface area (Å²) in [5.41, 5.74) is 8.91. The molecular weight excluding hydrogens is 300 g/mol. The van der Waals surface area contributed by atoms with E-state index < -0.39 is 0 Å². The van der Waals surface area contributed by atoms with Crippen molar-refractivity contribution in [2.75, 3.05) is 7.05 Å². The van der Waals surface area contributed by atoms with Crippen LogP contribution in [0.2, 0.25) is 5.02 Å². The number of nitrogens with zero attached hydrogens (tertiary/aromatic N) is 1. The molecule has 0 radical (unpaired) electrons. The molecular formula is C17H23ClN2S. The Labute approximate surface area is 136 Å². The molecule has 1 aromatic carbocycles. The molecule has 0 fully saturated rings. The van der Waals surface area contributed by atoms with Crippen molar-refractivity contribution in [3.8, 4) is 0 Å². The maximum absolute atomic E-state index is 6.39. The minimum absolute atomic E-state index is 0.117. The lowest BCUT2D eigenvalue weighted by Crippen LogP contribution is -2.39. The van der Waals surface area contributed by atoms with Gasteiger partial charge in [0.2, 0.25) is 0 Å². The van der Waals surface area contributed by atoms with Crippen LogP contribution in [-0.2, 0) is 0 Å². The third-order valence-corrected chi connectivity index (χ3v) is 5.08. The van der Waals surface area contributed by atoms with Crippen molar-refractivity contribution < 1.29 is 0 Å². The van der Waals surface area contributed by atoms with Gasteiger partial charge in [0.15, 0.2) is 0 Å². The summed E-state index contributed by atoms with van der Waals surface area (Å²) in [4.78, 5) is 2.35. The zero-order chi connectivity index (χ0) is 15.4. The van der Waals surface area contributed by atoms with Crippen LogP contribution in [0.15, 0.2) is 41.1 Å². The Morgan fingerprint density at radius 2 is 2.05 bits per heavy atom. The zero-order valence-electron chi connectivity index (χ0n) is 12.8. The van der Waals surface area contributed by atoms with E-state index in [0.717, 1.165) is 11.4 Å². The summed E-state index contributed by atoms with van der Waals surface area (Å²) >= 11 is 7.84. The van der Waals surface area contributed by atoms with E-state index in [9.17, 15) is 0 Å². The van der Waals surface area contributed by atoms with E-state index in [1.54, 1.807) is 11.3 Å². The first-order chi connectivity index (χ1) is 10.0. The van der Waals surface area contributed by atoms with Gasteiger partial charge in [0.05, 0.1) is 6.04 Å². The van der Waals surface area contributed by atoms with Crippen LogP contribution < -0.4 is 5.73 Å². The van der Waals surface area contributed by atoms with Crippen molar-refractivity contribution in [3.05, 3.63) is 57.2 Å². The lowest BCUT2D eigenvalue weighted by molar-refractivity contribution is 0.159. The Kier molecular flexibility index (Phi) is 5.82. The molecule has 0 aliphatic carbocycles. The molecule has 2 nitrogen and oxygen atoms in total. The molecule has 21 heavy (non-hydrogen) atoms. The number of thiophene rings is 1. The Bertz CT molecular complexity index is 556. The van der Waals surface area contributed by atoms with Crippen molar-refractivity contribution in [2.45, 2.75) is 38.4 Å². The number of benzene rings is 1. The number of hydrogen-bond acceptors (Lipinski definition) is 3. The second kappa shape index (κ2) is 7.41. The first-order valence-electron chi connectivity index (χ1n) is 7.29. The molecule has 3 unspecified atom stereocenters. The molecule has 2 rings (SSSR count). The van der Waals surface area contributed by atoms with E-state index in [0.29, 0.717) is 0 Å². The number of halogens is 1. The maximum atomic E-state index is 6.39. The van der Waals surface area contributed by atoms with Gasteiger partial charge in [-0.3, -0.25) is 4.90 Å². The van der Waals surface area contributed by atoms with Crippen LogP contribution in [0.1, 0.15) is 43.5 Å². The minimum Gasteiger partial charge on any atom is -0.326 e. The fourth-order valence-corrected chi connectivity index (χ4v) is 3.58. The van der Waals surface area contributed by atoms with Gasteiger partial charge in [-0.05, 0) is 60.5 Å². The van der Waals surface area contributed by atoms with Crippen LogP contribution in [0, 0.1) is 0 Å². The summed E-state index contributed by atoms with van der Waals surface area (Å²) in [5.74, 6) is 0. The average Bonchev–Trinajstić information content (AvgIpc) is 3.00. The summed E-state index contributed by atoms with van der Waals surface area (Å²) in [6.45, 7) is 4.34. The standard InChI is InChI=1S/C17H23ClN2S/c1-4-16(19)17(14-8-9-21-11-14)20(3)12(2)13-6-5-7-15(18)10-13/h5-12,16-17H,4,19H2,1-3H3. The van der Waals surface area contributed by atoms with Crippen LogP contribution >= 0.6 is 22.9 Å². The topological polar surface area (TPSA) is 29.3 Å². The summed E-state index contributed by atoms with van der Waals surface area (Å²) in [7, 11) is 2.14. The van der Waals surface area contributed by atoms with E-state index in [2.05, 4.69) is 48.7 Å². The predicted octanol–water partition coefficient (Wildman–Crippen LogP) is 4.87. The Balaban J connectivity index is 2.27. The van der Waals surface area contributed by atoms with Gasteiger partial charge in [-0.15, -0.1) is 0 Å². The summed E-state index contributed by atoms with van der Waals surface area (Å²) in [6, 6.07) is 10.8. The second-order valence-electron chi connectivity index (χ2n) is 5.47. The molecule has 114 valence electrons. The van der Waals surface area contributed by atoms with Crippen LogP contribution in [0.25, 0.3) is 0 Å². The fourth-order valence-electron chi connectivity index (χ4n) is 2.69. The molecule has 0 spiro atoms. The lowest BCUT2D eigenvalue weighted by atomic mass is 9.96. The maximum Gasteiger partial charge on any atom is 0.0510 e. The summed E-state index contributed by atoms with van der Waals surface area (Å²) in [6.07, 6.45) is 0.952. The van der Waals surface area contributed by atoms with E-state index in [4.69, 9.17) is 17.3 Å². The Morgan fingerprint density at radius 3 is 2.62 bits per heavy atom. The summed E-state index contributed by atoms with van der Waals surface area (Å²) < 4.78 is 0. The molecule has 3 atom stereocenters. The molecule has 1 heterocycles. The molecule has 2 aromatic rings. The molecule has 0 aliphatic rings. The number of likely N-dealkylation sites (N-methyl/N-ethyl adjacent to an activating group) is 1. The van der Waals surface area contributed by atoms with Crippen LogP contribution in [-0.4, -0.2) is 18.0 Å². The highest BCUT2D eigenvalue weighted by Gasteiger charge is 2.27. The van der Waals surface area contributed by atoms with Crippen LogP contribution in [0.5, 0.6) is 0 Å². The van der Waals surface area contributed by atoms with Crippen LogP contribution in [0.4, 0.5) is 0 Å². The van der Waals surface area contributed by atoms with Gasteiger partial charge in [-0.1, -0.05) is 30.7 Å². The van der Waals surface area contributed by atoms with Gasteiger partial charge in [-0.2, -0.15) is 11.3 Å². The van der Waals surface area contributed by atoms with Crippen molar-refractivity contribution >= 4 is 22.9 Å². The molecule has 0 aliphatic heterocycles. The Hall–Kier alpha value is -0.870. The average molecular weight is 323 g/mol. The van der Waals surface area contributed by atoms with E-state index in [1.165, 1.54) is 11.1 Å². The highest BCUT2D eigenvalue weighted by atomic mass is 35.5. The monoisotopic (exact) mass is 322 g/mol. The van der Waals surface area contributed by atoms with Gasteiger partial charge >= 0.3 is 0 Å². The predicted molar refractivity (Wildman–Crippen MR) is 93.0 cm³/mol. The normalized spacial score (nSPS) is 15.9. The zero-order valence-corrected chi connectivity index (χ0v) is 14.4. The summed E-state index contributed by atoms with van der Waals surface area (Å²) in [5, 5.41) is 5.09. The van der Waals surface area contributed by atoms with Crippen molar-refractivity contribution in [3.63, 3.8) is 0 Å². The quantitative estimate of drug-likeness (QED) is 0.821. The van der Waals surface area contributed by atoms with Gasteiger partial charge in [0, 0.05) is 17.1 Å². The van der Waals surface area contributed by atoms with Crippen LogP contribution in [0.3, 0.4) is 0 Å². The van der Waals surface area contributed by atoms with E-state index in [-0.39, 0.29) is 18.1 Å². The smallest absolute Gasteiger partial charge is 0.0510 e. The molecule has 4 heteroatoms. The largest absolute Gasteiger partial charge is 0.326 e. The first kappa shape index (κ1) is 16.5. The second-order valence-corrected chi connectivity index (χ2v) is 6.69. The van der Waals surface area contributed by atoms with Gasteiger partial charge in [-0.25, -0.2) is 0 Å². The first-order valence-corrected chi connectivity index (χ1v) is 8.61. The number of hydrogen-bond donors (Lipinski definition) is 1. The van der Waals surface area contributed by atoms with Gasteiger partial charge in [0.25, 0.3) is 0 Å². The highest BCUT2D eigenvalue weighted by Crippen LogP contribution is 2.33. The third kappa shape index (κ3) is 3.86. The number of rotatable bonds is 6. The molecule has 0 bridgehead atoms. The molecule has 1 aromatic heterocycles. The fraction of sp³-hybridized carbons (Fsp3) is 0.412. The third-order valence-electron chi connectivity index (χ3n) is 4.14. The van der Waals surface area contributed by atoms with E-state index >= 15 is 0 Å². The highest BCUT2D eigenvalue weighted by molar-refractivity contribution is 7.07. The lowest BCUT2D eigenvalue weighted by Gasteiger charge is -2.36. The Morgan fingerprint density at radius 1 is 1.29 bits per heavy atom. The van der Waals surface area contributed by atoms with Crippen molar-refractivity contribution in [1.82, 2.24) is 4.90 Å². The van der Waals surface area contributed by atoms with Crippen molar-refractivity contribution in [2.24, 2.45) is 5.73 Å². The molecule has 2 N–H and O–H groups in total. The van der Waals surface area contributed by atoms with Gasteiger partial charge < -0.3 is 5.73 Å². The van der Waals surface area contributed by atoms with Gasteiger partial charge in [0.1, 0.15) is 0 Å². The number of nitrogens with two attached hydrogens (primary N) is 1. The SMILES string of the molecule is CCC(N)C(c1ccsc1)N(C)C(C)c1cccc(Cl)c1. The minimum atomic E-state index is 0.117. The molecule has 0 saturated heterocycles.